The lowest BCUT2D eigenvalue weighted by molar-refractivity contribution is -0.198. The molecule has 18 heteroatoms. The molecule has 2 aliphatic heterocycles. The minimum atomic E-state index is -5.08. The first-order valence-electron chi connectivity index (χ1n) is 11.7. The fraction of sp³-hybridized carbons (Fsp3) is 0.565. The van der Waals surface area contributed by atoms with E-state index < -0.39 is 24.3 Å². The predicted molar refractivity (Wildman–Crippen MR) is 124 cm³/mol. The normalized spacial score (nSPS) is 18.8. The number of furan rings is 1. The van der Waals surface area contributed by atoms with Gasteiger partial charge in [0.2, 0.25) is 5.91 Å². The monoisotopic (exact) mass is 602 g/mol. The van der Waals surface area contributed by atoms with E-state index in [-0.39, 0.29) is 17.6 Å². The molecule has 0 saturated carbocycles. The number of nitrogens with one attached hydrogen (secondary N) is 1. The van der Waals surface area contributed by atoms with Crippen LogP contribution in [0.1, 0.15) is 22.8 Å². The van der Waals surface area contributed by atoms with Crippen LogP contribution in [0.2, 0.25) is 0 Å². The highest BCUT2D eigenvalue weighted by molar-refractivity contribution is 5.82. The first-order chi connectivity index (χ1) is 18.8. The standard InChI is InChI=1S/C19H26N4O4.2C2HF3O2/c1-13-16(14(2)27-21-13)8-23-11-19(12-23)10-22(3)17(9-26-19)18(24)20-7-15-5-4-6-25-15;2*3-2(4,5)1(6)7/h4-6,17H,7-12H2,1-3H3,(H,20,24);2*(H,6,7). The van der Waals surface area contributed by atoms with E-state index in [0.717, 1.165) is 49.0 Å². The summed E-state index contributed by atoms with van der Waals surface area (Å²) in [7, 11) is 1.98. The second kappa shape index (κ2) is 13.3. The summed E-state index contributed by atoms with van der Waals surface area (Å²) in [6.45, 7) is 7.98. The van der Waals surface area contributed by atoms with Crippen LogP contribution in [0.5, 0.6) is 0 Å². The maximum absolute atomic E-state index is 12.5. The van der Waals surface area contributed by atoms with Gasteiger partial charge in [-0.2, -0.15) is 26.3 Å². The molecule has 230 valence electrons. The fourth-order valence-corrected chi connectivity index (χ4v) is 4.00. The Labute approximate surface area is 228 Å². The van der Waals surface area contributed by atoms with Crippen molar-refractivity contribution in [3.63, 3.8) is 0 Å². The highest BCUT2D eigenvalue weighted by atomic mass is 19.4. The van der Waals surface area contributed by atoms with Gasteiger partial charge in [0.25, 0.3) is 0 Å². The molecule has 4 rings (SSSR count). The molecular formula is C23H28F6N4O8. The van der Waals surface area contributed by atoms with E-state index in [4.69, 9.17) is 33.5 Å². The highest BCUT2D eigenvalue weighted by Gasteiger charge is 2.49. The quantitative estimate of drug-likeness (QED) is 0.432. The highest BCUT2D eigenvalue weighted by Crippen LogP contribution is 2.32. The maximum atomic E-state index is 12.5. The van der Waals surface area contributed by atoms with Gasteiger partial charge in [0.05, 0.1) is 25.1 Å². The zero-order valence-corrected chi connectivity index (χ0v) is 22.0. The number of carbonyl (C=O) groups excluding carboxylic acids is 1. The number of halogens is 6. The Bertz CT molecular complexity index is 1130. The summed E-state index contributed by atoms with van der Waals surface area (Å²) in [5.41, 5.74) is 1.92. The van der Waals surface area contributed by atoms with E-state index in [1.54, 1.807) is 6.26 Å². The van der Waals surface area contributed by atoms with Crippen LogP contribution in [0.25, 0.3) is 0 Å². The van der Waals surface area contributed by atoms with Gasteiger partial charge < -0.3 is 29.2 Å². The van der Waals surface area contributed by atoms with Gasteiger partial charge in [-0.05, 0) is 33.0 Å². The lowest BCUT2D eigenvalue weighted by Crippen LogP contribution is -2.72. The number of aryl methyl sites for hydroxylation is 2. The summed E-state index contributed by atoms with van der Waals surface area (Å²) in [6.07, 6.45) is -8.56. The van der Waals surface area contributed by atoms with Crippen LogP contribution in [-0.4, -0.2) is 100 Å². The summed E-state index contributed by atoms with van der Waals surface area (Å²) >= 11 is 0. The largest absolute Gasteiger partial charge is 0.490 e. The number of hydrogen-bond acceptors (Lipinski definition) is 9. The van der Waals surface area contributed by atoms with Crippen LogP contribution in [0.4, 0.5) is 26.3 Å². The van der Waals surface area contributed by atoms with Gasteiger partial charge in [0.15, 0.2) is 0 Å². The summed E-state index contributed by atoms with van der Waals surface area (Å²) in [5.74, 6) is -3.92. The Balaban J connectivity index is 0.000000349. The number of ether oxygens (including phenoxy) is 1. The second-order valence-corrected chi connectivity index (χ2v) is 9.28. The summed E-state index contributed by atoms with van der Waals surface area (Å²) in [5, 5.41) is 21.2. The van der Waals surface area contributed by atoms with Crippen molar-refractivity contribution < 1.29 is 64.6 Å². The Morgan fingerprint density at radius 1 is 1.07 bits per heavy atom. The van der Waals surface area contributed by atoms with Crippen molar-refractivity contribution in [2.75, 3.05) is 33.3 Å². The first-order valence-corrected chi connectivity index (χ1v) is 11.7. The number of aromatic nitrogens is 1. The fourth-order valence-electron chi connectivity index (χ4n) is 4.00. The molecule has 2 aromatic heterocycles. The molecule has 4 heterocycles. The molecule has 1 atom stereocenters. The number of carboxylic acids is 2. The van der Waals surface area contributed by atoms with Crippen molar-refractivity contribution in [1.82, 2.24) is 20.3 Å². The molecular weight excluding hydrogens is 574 g/mol. The van der Waals surface area contributed by atoms with Crippen LogP contribution in [-0.2, 0) is 32.2 Å². The van der Waals surface area contributed by atoms with E-state index in [2.05, 4.69) is 20.3 Å². The Morgan fingerprint density at radius 2 is 1.63 bits per heavy atom. The van der Waals surface area contributed by atoms with Crippen LogP contribution >= 0.6 is 0 Å². The van der Waals surface area contributed by atoms with Crippen LogP contribution < -0.4 is 5.32 Å². The van der Waals surface area contributed by atoms with Crippen molar-refractivity contribution in [3.8, 4) is 0 Å². The lowest BCUT2D eigenvalue weighted by Gasteiger charge is -2.55. The average molecular weight is 602 g/mol. The first kappa shape index (κ1) is 33.6. The molecule has 1 spiro atoms. The third-order valence-electron chi connectivity index (χ3n) is 6.01. The summed E-state index contributed by atoms with van der Waals surface area (Å²) in [6, 6.07) is 3.38. The minimum Gasteiger partial charge on any atom is -0.475 e. The van der Waals surface area contributed by atoms with Crippen molar-refractivity contribution in [1.29, 1.82) is 0 Å². The molecule has 2 aromatic rings. The van der Waals surface area contributed by atoms with Gasteiger partial charge in [-0.1, -0.05) is 5.16 Å². The average Bonchev–Trinajstić information content (AvgIpc) is 3.46. The molecule has 3 N–H and O–H groups in total. The molecule has 2 fully saturated rings. The van der Waals surface area contributed by atoms with Gasteiger partial charge >= 0.3 is 24.3 Å². The minimum absolute atomic E-state index is 0.0318. The number of rotatable bonds is 5. The van der Waals surface area contributed by atoms with Gasteiger partial charge in [0, 0.05) is 31.7 Å². The lowest BCUT2D eigenvalue weighted by atomic mass is 9.90. The van der Waals surface area contributed by atoms with E-state index in [0.29, 0.717) is 13.2 Å². The molecule has 0 radical (unpaired) electrons. The van der Waals surface area contributed by atoms with Gasteiger partial charge in [0.1, 0.15) is 23.2 Å². The molecule has 2 aliphatic rings. The van der Waals surface area contributed by atoms with Crippen LogP contribution in [0.15, 0.2) is 27.3 Å². The van der Waals surface area contributed by atoms with Crippen LogP contribution in [0.3, 0.4) is 0 Å². The maximum Gasteiger partial charge on any atom is 0.490 e. The van der Waals surface area contributed by atoms with Crippen molar-refractivity contribution >= 4 is 17.8 Å². The van der Waals surface area contributed by atoms with E-state index >= 15 is 0 Å². The zero-order valence-electron chi connectivity index (χ0n) is 22.0. The van der Waals surface area contributed by atoms with E-state index in [1.807, 2.05) is 33.0 Å². The Kier molecular flexibility index (Phi) is 10.9. The Hall–Kier alpha value is -3.64. The second-order valence-electron chi connectivity index (χ2n) is 9.28. The molecule has 0 aliphatic carbocycles. The summed E-state index contributed by atoms with van der Waals surface area (Å²) in [4.78, 5) is 34.7. The van der Waals surface area contributed by atoms with Gasteiger partial charge in [-0.15, -0.1) is 0 Å². The molecule has 1 amide bonds. The van der Waals surface area contributed by atoms with Gasteiger partial charge in [-0.3, -0.25) is 14.6 Å². The zero-order chi connectivity index (χ0) is 31.2. The summed E-state index contributed by atoms with van der Waals surface area (Å²) < 4.78 is 80.1. The topological polar surface area (TPSA) is 159 Å². The van der Waals surface area contributed by atoms with E-state index in [1.165, 1.54) is 0 Å². The molecule has 12 nitrogen and oxygen atoms in total. The number of amides is 1. The number of carbonyl (C=O) groups is 3. The van der Waals surface area contributed by atoms with Crippen molar-refractivity contribution in [2.24, 2.45) is 0 Å². The van der Waals surface area contributed by atoms with Crippen molar-refractivity contribution in [2.45, 2.75) is 50.9 Å². The number of likely N-dealkylation sites (N-methyl/N-ethyl adjacent to an activating group) is 1. The molecule has 2 saturated heterocycles. The number of alkyl halides is 6. The number of hydrogen-bond donors (Lipinski definition) is 3. The third-order valence-corrected chi connectivity index (χ3v) is 6.01. The Morgan fingerprint density at radius 3 is 2.05 bits per heavy atom. The number of carboxylic acid groups (broad SMARTS) is 2. The number of nitrogens with zero attached hydrogens (tertiary/aromatic N) is 3. The molecule has 1 unspecified atom stereocenters. The number of morpholine rings is 1. The van der Waals surface area contributed by atoms with E-state index in [9.17, 15) is 31.1 Å². The molecule has 0 bridgehead atoms. The van der Waals surface area contributed by atoms with Crippen molar-refractivity contribution in [3.05, 3.63) is 41.2 Å². The molecule has 41 heavy (non-hydrogen) atoms. The molecule has 0 aromatic carbocycles. The SMILES string of the molecule is Cc1noc(C)c1CN1CC2(C1)CN(C)C(C(=O)NCc1ccco1)CO2.O=C(O)C(F)(F)F.O=C(O)C(F)(F)F. The predicted octanol–water partition coefficient (Wildman–Crippen LogP) is 2.35. The van der Waals surface area contributed by atoms with Crippen LogP contribution in [0, 0.1) is 13.8 Å². The number of aliphatic carboxylic acids is 2. The smallest absolute Gasteiger partial charge is 0.475 e. The number of likely N-dealkylation sites (tertiary alicyclic amines) is 1. The van der Waals surface area contributed by atoms with Gasteiger partial charge in [-0.25, -0.2) is 9.59 Å². The third kappa shape index (κ3) is 9.75.